The van der Waals surface area contributed by atoms with Crippen LogP contribution >= 0.6 is 0 Å². The second kappa shape index (κ2) is 12.8. The van der Waals surface area contributed by atoms with Gasteiger partial charge in [-0.25, -0.2) is 9.79 Å². The van der Waals surface area contributed by atoms with Crippen LogP contribution in [0.4, 0.5) is 16.2 Å². The third kappa shape index (κ3) is 8.05. The van der Waals surface area contributed by atoms with Crippen LogP contribution in [0.25, 0.3) is 10.8 Å². The van der Waals surface area contributed by atoms with Crippen LogP contribution in [-0.2, 0) is 4.74 Å². The first kappa shape index (κ1) is 28.1. The molecule has 1 heterocycles. The summed E-state index contributed by atoms with van der Waals surface area (Å²) in [5, 5.41) is 7.68. The molecule has 0 spiro atoms. The maximum atomic E-state index is 13.2. The molecule has 0 radical (unpaired) electrons. The van der Waals surface area contributed by atoms with Crippen molar-refractivity contribution in [2.75, 3.05) is 44.8 Å². The second-order valence-corrected chi connectivity index (χ2v) is 10.7. The lowest BCUT2D eigenvalue weighted by Crippen LogP contribution is -2.38. The number of urea groups is 1. The summed E-state index contributed by atoms with van der Waals surface area (Å²) >= 11 is 0. The number of aryl methyl sites for hydroxylation is 1. The van der Waals surface area contributed by atoms with E-state index in [1.165, 1.54) is 0 Å². The first-order chi connectivity index (χ1) is 18.7. The summed E-state index contributed by atoms with van der Waals surface area (Å²) in [5.41, 5.74) is 9.18. The molecule has 0 unspecified atom stereocenters. The van der Waals surface area contributed by atoms with E-state index in [1.807, 2.05) is 88.4 Å². The van der Waals surface area contributed by atoms with Gasteiger partial charge < -0.3 is 20.5 Å². The molecule has 2 amide bonds. The molecule has 39 heavy (non-hydrogen) atoms. The van der Waals surface area contributed by atoms with Crippen LogP contribution in [0, 0.1) is 12.3 Å². The fourth-order valence-corrected chi connectivity index (χ4v) is 4.10. The second-order valence-electron chi connectivity index (χ2n) is 10.7. The number of anilines is 1. The van der Waals surface area contributed by atoms with Gasteiger partial charge in [-0.2, -0.15) is 0 Å². The highest BCUT2D eigenvalue weighted by Crippen LogP contribution is 2.31. The lowest BCUT2D eigenvalue weighted by atomic mass is 9.92. The van der Waals surface area contributed by atoms with Crippen molar-refractivity contribution < 1.29 is 14.3 Å². The number of amidine groups is 1. The van der Waals surface area contributed by atoms with Gasteiger partial charge in [0.1, 0.15) is 18.2 Å². The predicted molar refractivity (Wildman–Crippen MR) is 159 cm³/mol. The largest absolute Gasteiger partial charge is 0.492 e. The number of carbonyl (C=O) groups excluding carboxylic acids is 1. The summed E-state index contributed by atoms with van der Waals surface area (Å²) in [4.78, 5) is 20.1. The minimum Gasteiger partial charge on any atom is -0.492 e. The Bertz CT molecular complexity index is 1340. The van der Waals surface area contributed by atoms with E-state index in [9.17, 15) is 4.79 Å². The molecule has 8 nitrogen and oxygen atoms in total. The van der Waals surface area contributed by atoms with Crippen molar-refractivity contribution in [1.82, 2.24) is 10.2 Å². The van der Waals surface area contributed by atoms with Crippen LogP contribution in [0.15, 0.2) is 77.4 Å². The van der Waals surface area contributed by atoms with E-state index in [4.69, 9.17) is 15.2 Å². The van der Waals surface area contributed by atoms with Crippen LogP contribution in [0.3, 0.4) is 0 Å². The molecule has 0 aromatic heterocycles. The van der Waals surface area contributed by atoms with Crippen molar-refractivity contribution in [3.05, 3.63) is 78.0 Å². The van der Waals surface area contributed by atoms with E-state index < -0.39 is 6.03 Å². The van der Waals surface area contributed by atoms with Crippen LogP contribution in [-0.4, -0.2) is 56.2 Å². The maximum absolute atomic E-state index is 13.2. The number of aliphatic imine (C=N–C) groups is 1. The van der Waals surface area contributed by atoms with E-state index in [2.05, 4.69) is 20.5 Å². The van der Waals surface area contributed by atoms with E-state index in [-0.39, 0.29) is 5.41 Å². The summed E-state index contributed by atoms with van der Waals surface area (Å²) in [5.74, 6) is 1.14. The minimum absolute atomic E-state index is 0.278. The number of fused-ring (bicyclic) bond motifs is 1. The maximum Gasteiger partial charge on any atom is 0.324 e. The molecule has 1 saturated heterocycles. The van der Waals surface area contributed by atoms with Gasteiger partial charge in [0.25, 0.3) is 0 Å². The van der Waals surface area contributed by atoms with E-state index in [0.717, 1.165) is 60.6 Å². The summed E-state index contributed by atoms with van der Waals surface area (Å²) in [6.45, 7) is 12.9. The number of nitrogens with zero attached hydrogens (tertiary/aromatic N) is 2. The minimum atomic E-state index is -0.412. The Kier molecular flexibility index (Phi) is 9.22. The SMILES string of the molecule is Cc1ccc(N=C(C=C(N)C(C)(C)C)NC(=O)Nc2ccc(OCCN3CCOCC3)c3ccccc23)cc1. The van der Waals surface area contributed by atoms with Gasteiger partial charge in [-0.3, -0.25) is 10.2 Å². The number of nitrogens with one attached hydrogen (secondary N) is 2. The molecule has 1 aliphatic rings. The van der Waals surface area contributed by atoms with E-state index in [1.54, 1.807) is 6.08 Å². The van der Waals surface area contributed by atoms with Gasteiger partial charge in [0, 0.05) is 47.6 Å². The topological polar surface area (TPSA) is 101 Å². The standard InChI is InChI=1S/C31H39N5O3/c1-22-9-11-23(12-10-22)33-29(21-28(32)31(2,3)4)35-30(37)34-26-13-14-27(25-8-6-5-7-24(25)26)39-20-17-36-15-18-38-19-16-36/h5-14,21H,15-20,32H2,1-4H3,(H2,33,34,35,37). The summed E-state index contributed by atoms with van der Waals surface area (Å²) in [6.07, 6.45) is 1.71. The fourth-order valence-electron chi connectivity index (χ4n) is 4.10. The average Bonchev–Trinajstić information content (AvgIpc) is 2.91. The third-order valence-electron chi connectivity index (χ3n) is 6.58. The first-order valence-electron chi connectivity index (χ1n) is 13.3. The first-order valence-corrected chi connectivity index (χ1v) is 13.3. The van der Waals surface area contributed by atoms with Gasteiger partial charge in [-0.1, -0.05) is 62.7 Å². The zero-order valence-corrected chi connectivity index (χ0v) is 23.3. The van der Waals surface area contributed by atoms with Crippen molar-refractivity contribution in [2.45, 2.75) is 27.7 Å². The number of allylic oxidation sites excluding steroid dienone is 1. The summed E-state index contributed by atoms with van der Waals surface area (Å²) in [7, 11) is 0. The molecular weight excluding hydrogens is 490 g/mol. The Morgan fingerprint density at radius 1 is 1.05 bits per heavy atom. The van der Waals surface area contributed by atoms with E-state index in [0.29, 0.717) is 23.8 Å². The van der Waals surface area contributed by atoms with Crippen LogP contribution in [0.2, 0.25) is 0 Å². The number of amides is 2. The fraction of sp³-hybridized carbons (Fsp3) is 0.355. The number of rotatable bonds is 7. The van der Waals surface area contributed by atoms with Gasteiger partial charge in [0.05, 0.1) is 24.6 Å². The van der Waals surface area contributed by atoms with Gasteiger partial charge in [-0.15, -0.1) is 0 Å². The van der Waals surface area contributed by atoms with Gasteiger partial charge in [-0.05, 0) is 31.2 Å². The number of benzene rings is 3. The van der Waals surface area contributed by atoms with E-state index >= 15 is 0 Å². The van der Waals surface area contributed by atoms with Crippen molar-refractivity contribution >= 4 is 34.0 Å². The Balaban J connectivity index is 1.50. The number of hydrogen-bond acceptors (Lipinski definition) is 6. The predicted octanol–water partition coefficient (Wildman–Crippen LogP) is 5.60. The number of carbonyl (C=O) groups is 1. The molecule has 4 rings (SSSR count). The Morgan fingerprint density at radius 2 is 1.74 bits per heavy atom. The number of morpholine rings is 1. The van der Waals surface area contributed by atoms with Crippen LogP contribution in [0.1, 0.15) is 26.3 Å². The Hall–Kier alpha value is -3.88. The average molecular weight is 530 g/mol. The van der Waals surface area contributed by atoms with Crippen molar-refractivity contribution in [3.63, 3.8) is 0 Å². The molecule has 1 aliphatic heterocycles. The molecule has 0 aliphatic carbocycles. The number of ether oxygens (including phenoxy) is 2. The molecule has 0 bridgehead atoms. The number of nitrogens with two attached hydrogens (primary N) is 1. The molecule has 1 fully saturated rings. The van der Waals surface area contributed by atoms with Crippen molar-refractivity contribution in [3.8, 4) is 5.75 Å². The molecular formula is C31H39N5O3. The van der Waals surface area contributed by atoms with Crippen LogP contribution < -0.4 is 21.1 Å². The highest BCUT2D eigenvalue weighted by molar-refractivity contribution is 6.11. The zero-order valence-electron chi connectivity index (χ0n) is 23.3. The molecule has 3 aromatic carbocycles. The molecule has 3 aromatic rings. The lowest BCUT2D eigenvalue weighted by molar-refractivity contribution is 0.0323. The monoisotopic (exact) mass is 529 g/mol. The highest BCUT2D eigenvalue weighted by Gasteiger charge is 2.16. The normalized spacial score (nSPS) is 15.3. The zero-order chi connectivity index (χ0) is 27.8. The molecule has 206 valence electrons. The molecule has 0 saturated carbocycles. The Morgan fingerprint density at radius 3 is 2.44 bits per heavy atom. The van der Waals surface area contributed by atoms with Gasteiger partial charge >= 0.3 is 6.03 Å². The third-order valence-corrected chi connectivity index (χ3v) is 6.58. The van der Waals surface area contributed by atoms with Crippen molar-refractivity contribution in [2.24, 2.45) is 16.1 Å². The van der Waals surface area contributed by atoms with Gasteiger partial charge in [0.2, 0.25) is 0 Å². The van der Waals surface area contributed by atoms with Crippen molar-refractivity contribution in [1.29, 1.82) is 0 Å². The van der Waals surface area contributed by atoms with Gasteiger partial charge in [0.15, 0.2) is 0 Å². The molecule has 0 atom stereocenters. The highest BCUT2D eigenvalue weighted by atomic mass is 16.5. The summed E-state index contributed by atoms with van der Waals surface area (Å²) in [6, 6.07) is 19.0. The quantitative estimate of drug-likeness (QED) is 0.273. The summed E-state index contributed by atoms with van der Waals surface area (Å²) < 4.78 is 11.6. The molecule has 8 heteroatoms. The molecule has 4 N–H and O–H groups in total. The lowest BCUT2D eigenvalue weighted by Gasteiger charge is -2.26. The van der Waals surface area contributed by atoms with Crippen LogP contribution in [0.5, 0.6) is 5.75 Å². The number of hydrogen-bond donors (Lipinski definition) is 3. The smallest absolute Gasteiger partial charge is 0.324 e. The Labute approximate surface area is 230 Å².